The monoisotopic (exact) mass is 575 g/mol. The van der Waals surface area contributed by atoms with E-state index in [-0.39, 0.29) is 42.8 Å². The number of hydrogen-bond acceptors (Lipinski definition) is 7. The Kier molecular flexibility index (Phi) is 13.5. The Bertz CT molecular complexity index is 1020. The molecule has 0 spiro atoms. The van der Waals surface area contributed by atoms with Crippen molar-refractivity contribution in [1.29, 1.82) is 0 Å². The van der Waals surface area contributed by atoms with Gasteiger partial charge in [0.25, 0.3) is 0 Å². The zero-order chi connectivity index (χ0) is 31.7. The van der Waals surface area contributed by atoms with E-state index in [9.17, 15) is 19.2 Å². The van der Waals surface area contributed by atoms with E-state index in [0.717, 1.165) is 5.56 Å². The van der Waals surface area contributed by atoms with Crippen molar-refractivity contribution in [2.75, 3.05) is 54.9 Å². The summed E-state index contributed by atoms with van der Waals surface area (Å²) in [7, 11) is 8.15. The van der Waals surface area contributed by atoms with Gasteiger partial charge in [-0.25, -0.2) is 0 Å². The largest absolute Gasteiger partial charge is 0.468 e. The highest BCUT2D eigenvalue weighted by molar-refractivity contribution is 5.91. The highest BCUT2D eigenvalue weighted by Crippen LogP contribution is 2.29. The fraction of sp³-hybridized carbons (Fsp3) is 0.677. The maximum atomic E-state index is 14.0. The van der Waals surface area contributed by atoms with Crippen LogP contribution in [0.4, 0.5) is 0 Å². The number of methoxy groups -OCH3 is 1. The van der Waals surface area contributed by atoms with Crippen molar-refractivity contribution >= 4 is 23.7 Å². The SMILES string of the molecule is CN[C@H](C(=O)N[C@H](C(=O)N(C)[C@H](CN(C)CC(=O)N(C)CC(=O)OC)C(C)C)C(C)(C)C)C(C)(C)c1ccccc1. The minimum Gasteiger partial charge on any atom is -0.468 e. The molecule has 1 rings (SSSR count). The van der Waals surface area contributed by atoms with Gasteiger partial charge in [-0.3, -0.25) is 24.1 Å². The van der Waals surface area contributed by atoms with Crippen LogP contribution in [-0.4, -0.2) is 111 Å². The molecule has 0 aliphatic heterocycles. The van der Waals surface area contributed by atoms with E-state index in [1.807, 2.05) is 90.7 Å². The van der Waals surface area contributed by atoms with E-state index in [2.05, 4.69) is 15.4 Å². The zero-order valence-electron chi connectivity index (χ0n) is 27.2. The van der Waals surface area contributed by atoms with Crippen LogP contribution in [0.1, 0.15) is 54.0 Å². The van der Waals surface area contributed by atoms with Crippen LogP contribution in [0, 0.1) is 11.3 Å². The molecule has 0 aliphatic rings. The number of nitrogens with zero attached hydrogens (tertiary/aromatic N) is 3. The number of likely N-dealkylation sites (N-methyl/N-ethyl adjacent to an activating group) is 4. The van der Waals surface area contributed by atoms with Gasteiger partial charge < -0.3 is 25.2 Å². The quantitative estimate of drug-likeness (QED) is 0.327. The normalized spacial score (nSPS) is 14.3. The second-order valence-corrected chi connectivity index (χ2v) is 12.9. The summed E-state index contributed by atoms with van der Waals surface area (Å²) >= 11 is 0. The Morgan fingerprint density at radius 2 is 1.46 bits per heavy atom. The van der Waals surface area contributed by atoms with Crippen molar-refractivity contribution in [3.8, 4) is 0 Å². The van der Waals surface area contributed by atoms with Gasteiger partial charge in [0.1, 0.15) is 12.6 Å². The van der Waals surface area contributed by atoms with Crippen LogP contribution in [0.3, 0.4) is 0 Å². The lowest BCUT2D eigenvalue weighted by atomic mass is 9.76. The summed E-state index contributed by atoms with van der Waals surface area (Å²) in [6.07, 6.45) is 0. The molecule has 3 amide bonds. The van der Waals surface area contributed by atoms with Crippen molar-refractivity contribution in [2.24, 2.45) is 11.3 Å². The molecule has 10 nitrogen and oxygen atoms in total. The van der Waals surface area contributed by atoms with Gasteiger partial charge in [0.05, 0.1) is 19.7 Å². The second-order valence-electron chi connectivity index (χ2n) is 12.9. The topological polar surface area (TPSA) is 111 Å². The van der Waals surface area contributed by atoms with E-state index in [4.69, 9.17) is 0 Å². The van der Waals surface area contributed by atoms with E-state index in [1.165, 1.54) is 12.0 Å². The maximum Gasteiger partial charge on any atom is 0.325 e. The van der Waals surface area contributed by atoms with E-state index in [0.29, 0.717) is 6.54 Å². The predicted octanol–water partition coefficient (Wildman–Crippen LogP) is 2.13. The third-order valence-corrected chi connectivity index (χ3v) is 7.73. The molecule has 0 heterocycles. The van der Waals surface area contributed by atoms with Gasteiger partial charge in [-0.15, -0.1) is 0 Å². The minimum absolute atomic E-state index is 0.0766. The average molecular weight is 576 g/mol. The molecule has 2 N–H and O–H groups in total. The number of carbonyl (C=O) groups is 4. The predicted molar refractivity (Wildman–Crippen MR) is 162 cm³/mol. The first kappa shape index (κ1) is 36.0. The molecule has 1 aromatic carbocycles. The van der Waals surface area contributed by atoms with Crippen LogP contribution in [0.15, 0.2) is 30.3 Å². The molecule has 1 aromatic rings. The number of rotatable bonds is 14. The van der Waals surface area contributed by atoms with Crippen molar-refractivity contribution in [3.05, 3.63) is 35.9 Å². The van der Waals surface area contributed by atoms with Crippen LogP contribution in [0.5, 0.6) is 0 Å². The van der Waals surface area contributed by atoms with Crippen LogP contribution in [0.2, 0.25) is 0 Å². The van der Waals surface area contributed by atoms with Gasteiger partial charge >= 0.3 is 5.97 Å². The molecule has 0 bridgehead atoms. The third-order valence-electron chi connectivity index (χ3n) is 7.73. The van der Waals surface area contributed by atoms with Crippen LogP contribution < -0.4 is 10.6 Å². The summed E-state index contributed by atoms with van der Waals surface area (Å²) in [5.41, 5.74) is -0.0790. The van der Waals surface area contributed by atoms with Crippen LogP contribution >= 0.6 is 0 Å². The first-order valence-electron chi connectivity index (χ1n) is 14.2. The molecule has 0 unspecified atom stereocenters. The molecule has 0 saturated heterocycles. The molecule has 10 heteroatoms. The van der Waals surface area contributed by atoms with Gasteiger partial charge in [0.2, 0.25) is 17.7 Å². The summed E-state index contributed by atoms with van der Waals surface area (Å²) in [4.78, 5) is 56.8. The highest BCUT2D eigenvalue weighted by atomic mass is 16.5. The van der Waals surface area contributed by atoms with Crippen LogP contribution in [-0.2, 0) is 29.3 Å². The standard InChI is InChI=1S/C31H53N5O5/c1-21(2)23(18-34(9)19-24(37)35(10)20-25(38)41-12)36(11)29(40)27(30(3,4)5)33-28(39)26(32-8)31(6,7)22-16-14-13-15-17-22/h13-17,21,23,26-27,32H,18-20H2,1-12H3,(H,33,39)/t23-,26-,27-/m1/s1. The third kappa shape index (κ3) is 10.1. The molecule has 41 heavy (non-hydrogen) atoms. The first-order valence-corrected chi connectivity index (χ1v) is 14.2. The molecule has 0 radical (unpaired) electrons. The van der Waals surface area contributed by atoms with Gasteiger partial charge in [0.15, 0.2) is 0 Å². The number of esters is 1. The first-order chi connectivity index (χ1) is 18.9. The molecular weight excluding hydrogens is 522 g/mol. The number of benzene rings is 1. The Morgan fingerprint density at radius 1 is 0.902 bits per heavy atom. The Morgan fingerprint density at radius 3 is 1.93 bits per heavy atom. The lowest BCUT2D eigenvalue weighted by Gasteiger charge is -2.41. The zero-order valence-corrected chi connectivity index (χ0v) is 27.2. The van der Waals surface area contributed by atoms with Gasteiger partial charge in [-0.1, -0.05) is 78.8 Å². The Labute approximate surface area is 247 Å². The summed E-state index contributed by atoms with van der Waals surface area (Å²) in [5.74, 6) is -1.09. The van der Waals surface area contributed by atoms with E-state index >= 15 is 0 Å². The molecular formula is C31H53N5O5. The second kappa shape index (κ2) is 15.3. The number of carbonyl (C=O) groups excluding carboxylic acids is 4. The van der Waals surface area contributed by atoms with Crippen molar-refractivity contribution in [1.82, 2.24) is 25.3 Å². The Hall–Kier alpha value is -2.98. The number of ether oxygens (including phenoxy) is 1. The van der Waals surface area contributed by atoms with Crippen molar-refractivity contribution in [2.45, 2.75) is 72.0 Å². The van der Waals surface area contributed by atoms with Gasteiger partial charge in [-0.2, -0.15) is 0 Å². The molecule has 3 atom stereocenters. The van der Waals surface area contributed by atoms with Crippen molar-refractivity contribution < 1.29 is 23.9 Å². The summed E-state index contributed by atoms with van der Waals surface area (Å²) in [6.45, 7) is 14.3. The summed E-state index contributed by atoms with van der Waals surface area (Å²) in [5, 5.41) is 6.24. The number of hydrogen-bond donors (Lipinski definition) is 2. The number of amides is 3. The van der Waals surface area contributed by atoms with E-state index < -0.39 is 28.9 Å². The Balaban J connectivity index is 3.12. The molecule has 0 aliphatic carbocycles. The molecule has 0 fully saturated rings. The van der Waals surface area contributed by atoms with Crippen molar-refractivity contribution in [3.63, 3.8) is 0 Å². The molecule has 0 aromatic heterocycles. The lowest BCUT2D eigenvalue weighted by Crippen LogP contribution is -2.62. The lowest BCUT2D eigenvalue weighted by molar-refractivity contribution is -0.146. The van der Waals surface area contributed by atoms with Crippen LogP contribution in [0.25, 0.3) is 0 Å². The van der Waals surface area contributed by atoms with E-state index in [1.54, 1.807) is 26.0 Å². The highest BCUT2D eigenvalue weighted by Gasteiger charge is 2.41. The summed E-state index contributed by atoms with van der Waals surface area (Å²) in [6, 6.07) is 8.26. The van der Waals surface area contributed by atoms with Gasteiger partial charge in [0, 0.05) is 32.1 Å². The molecule has 0 saturated carbocycles. The average Bonchev–Trinajstić information content (AvgIpc) is 2.89. The number of nitrogens with one attached hydrogen (secondary N) is 2. The van der Waals surface area contributed by atoms with Gasteiger partial charge in [-0.05, 0) is 31.0 Å². The fourth-order valence-electron chi connectivity index (χ4n) is 4.96. The molecule has 232 valence electrons. The fourth-order valence-corrected chi connectivity index (χ4v) is 4.96. The summed E-state index contributed by atoms with van der Waals surface area (Å²) < 4.78 is 4.65. The maximum absolute atomic E-state index is 14.0. The minimum atomic E-state index is -0.776. The smallest absolute Gasteiger partial charge is 0.325 e.